The Morgan fingerprint density at radius 1 is 1.08 bits per heavy atom. The Bertz CT molecular complexity index is 1460. The first kappa shape index (κ1) is 31.0. The van der Waals surface area contributed by atoms with Gasteiger partial charge in [-0.25, -0.2) is 4.79 Å². The smallest absolute Gasteiger partial charge is 0.337 e. The number of aromatic carboxylic acids is 1. The number of anilines is 1. The molecule has 0 saturated carbocycles. The fourth-order valence-electron chi connectivity index (χ4n) is 4.15. The number of para-hydroxylation sites is 1. The number of fused-ring (bicyclic) bond motifs is 1. The summed E-state index contributed by atoms with van der Waals surface area (Å²) in [5.74, 6) is -0.431. The second-order valence-corrected chi connectivity index (χ2v) is 8.76. The van der Waals surface area contributed by atoms with E-state index in [2.05, 4.69) is 17.2 Å². The van der Waals surface area contributed by atoms with E-state index >= 15 is 0 Å². The first-order valence-electron chi connectivity index (χ1n) is 13.5. The van der Waals surface area contributed by atoms with Crippen LogP contribution >= 0.6 is 0 Å². The van der Waals surface area contributed by atoms with Crippen LogP contribution in [-0.2, 0) is 6.42 Å². The van der Waals surface area contributed by atoms with Crippen molar-refractivity contribution < 1.29 is 14.3 Å². The summed E-state index contributed by atoms with van der Waals surface area (Å²) in [6.45, 7) is 13.9. The Hall–Kier alpha value is -4.19. The number of pyridine rings is 1. The number of carboxylic acid groups (broad SMARTS) is 1. The van der Waals surface area contributed by atoms with E-state index < -0.39 is 5.97 Å². The highest BCUT2D eigenvalue weighted by Gasteiger charge is 2.18. The van der Waals surface area contributed by atoms with Gasteiger partial charge < -0.3 is 14.8 Å². The molecule has 0 aliphatic carbocycles. The Labute approximate surface area is 231 Å². The van der Waals surface area contributed by atoms with Crippen LogP contribution in [-0.4, -0.2) is 16.1 Å². The third-order valence-corrected chi connectivity index (χ3v) is 6.13. The maximum absolute atomic E-state index is 12.8. The monoisotopic (exact) mass is 528 g/mol. The van der Waals surface area contributed by atoms with Crippen molar-refractivity contribution in [1.82, 2.24) is 4.98 Å². The molecule has 0 aliphatic rings. The Morgan fingerprint density at radius 2 is 1.77 bits per heavy atom. The van der Waals surface area contributed by atoms with Gasteiger partial charge in [0.25, 0.3) is 0 Å². The van der Waals surface area contributed by atoms with Gasteiger partial charge in [-0.1, -0.05) is 58.0 Å². The zero-order chi connectivity index (χ0) is 28.9. The summed E-state index contributed by atoms with van der Waals surface area (Å²) in [4.78, 5) is 28.4. The lowest BCUT2D eigenvalue weighted by Gasteiger charge is -2.19. The molecule has 0 aliphatic heterocycles. The van der Waals surface area contributed by atoms with E-state index in [1.165, 1.54) is 0 Å². The van der Waals surface area contributed by atoms with Crippen LogP contribution in [0.25, 0.3) is 16.5 Å². The fourth-order valence-corrected chi connectivity index (χ4v) is 4.15. The maximum Gasteiger partial charge on any atom is 0.337 e. The molecule has 0 radical (unpaired) electrons. The summed E-state index contributed by atoms with van der Waals surface area (Å²) < 4.78 is 6.18. The van der Waals surface area contributed by atoms with Gasteiger partial charge in [-0.3, -0.25) is 9.78 Å². The highest BCUT2D eigenvalue weighted by molar-refractivity contribution is 5.94. The largest absolute Gasteiger partial charge is 0.478 e. The molecule has 0 fully saturated rings. The molecule has 1 atom stereocenters. The molecular weight excluding hydrogens is 488 g/mol. The van der Waals surface area contributed by atoms with Gasteiger partial charge in [-0.05, 0) is 75.1 Å². The van der Waals surface area contributed by atoms with Crippen molar-refractivity contribution in [3.8, 4) is 0 Å². The number of rotatable bonds is 7. The van der Waals surface area contributed by atoms with Gasteiger partial charge in [-0.2, -0.15) is 0 Å². The average molecular weight is 529 g/mol. The molecule has 0 saturated heterocycles. The molecule has 2 aromatic heterocycles. The van der Waals surface area contributed by atoms with Crippen molar-refractivity contribution in [3.05, 3.63) is 111 Å². The third-order valence-electron chi connectivity index (χ3n) is 6.13. The van der Waals surface area contributed by atoms with Gasteiger partial charge in [0.05, 0.1) is 17.0 Å². The molecule has 0 amide bonds. The van der Waals surface area contributed by atoms with Gasteiger partial charge in [-0.15, -0.1) is 0 Å². The van der Waals surface area contributed by atoms with Crippen LogP contribution in [0.3, 0.4) is 0 Å². The summed E-state index contributed by atoms with van der Waals surface area (Å²) in [5, 5.41) is 13.2. The van der Waals surface area contributed by atoms with Crippen molar-refractivity contribution in [2.24, 2.45) is 0 Å². The normalized spacial score (nSPS) is 11.5. The van der Waals surface area contributed by atoms with Gasteiger partial charge in [0.1, 0.15) is 11.3 Å². The number of hydrogen-bond acceptors (Lipinski definition) is 5. The second kappa shape index (κ2) is 15.3. The minimum Gasteiger partial charge on any atom is -0.478 e. The molecule has 6 heteroatoms. The predicted molar refractivity (Wildman–Crippen MR) is 162 cm³/mol. The van der Waals surface area contributed by atoms with Crippen LogP contribution in [0.4, 0.5) is 5.69 Å². The molecule has 2 heterocycles. The van der Waals surface area contributed by atoms with Crippen molar-refractivity contribution in [1.29, 1.82) is 0 Å². The Balaban J connectivity index is 0.000000451. The van der Waals surface area contributed by atoms with Crippen LogP contribution in [0, 0.1) is 6.92 Å². The summed E-state index contributed by atoms with van der Waals surface area (Å²) in [6, 6.07) is 17.8. The number of carbonyl (C=O) groups is 1. The number of aromatic nitrogens is 1. The Morgan fingerprint density at radius 3 is 2.33 bits per heavy atom. The van der Waals surface area contributed by atoms with Crippen LogP contribution in [0.1, 0.15) is 86.9 Å². The summed E-state index contributed by atoms with van der Waals surface area (Å²) >= 11 is 0. The number of allylic oxidation sites excluding steroid dienone is 2. The van der Waals surface area contributed by atoms with Crippen LogP contribution in [0.5, 0.6) is 0 Å². The lowest BCUT2D eigenvalue weighted by molar-refractivity contribution is 0.0698. The van der Waals surface area contributed by atoms with Gasteiger partial charge in [0.2, 0.25) is 0 Å². The Kier molecular flexibility index (Phi) is 12.2. The number of benzene rings is 2. The highest BCUT2D eigenvalue weighted by atomic mass is 16.4. The van der Waals surface area contributed by atoms with Crippen molar-refractivity contribution in [2.75, 3.05) is 5.32 Å². The van der Waals surface area contributed by atoms with E-state index in [1.54, 1.807) is 30.3 Å². The average Bonchev–Trinajstić information content (AvgIpc) is 2.96. The quantitative estimate of drug-likeness (QED) is 0.250. The van der Waals surface area contributed by atoms with E-state index in [9.17, 15) is 14.7 Å². The molecule has 6 nitrogen and oxygen atoms in total. The molecular formula is C33H40N2O4. The molecule has 1 unspecified atom stereocenters. The van der Waals surface area contributed by atoms with Crippen molar-refractivity contribution >= 4 is 28.2 Å². The molecule has 206 valence electrons. The molecule has 4 aromatic rings. The van der Waals surface area contributed by atoms with E-state index in [0.717, 1.165) is 35.2 Å². The summed E-state index contributed by atoms with van der Waals surface area (Å²) in [5.41, 5.74) is 5.03. The number of hydrogen-bond donors (Lipinski definition) is 2. The number of aryl methyl sites for hydroxylation is 2. The number of nitrogens with zero attached hydrogens (tertiary/aromatic N) is 1. The van der Waals surface area contributed by atoms with E-state index in [-0.39, 0.29) is 17.0 Å². The van der Waals surface area contributed by atoms with E-state index in [4.69, 9.17) is 4.42 Å². The van der Waals surface area contributed by atoms with Crippen LogP contribution in [0.15, 0.2) is 82.1 Å². The third kappa shape index (κ3) is 8.14. The lowest BCUT2D eigenvalue weighted by atomic mass is 10.00. The molecule has 0 bridgehead atoms. The van der Waals surface area contributed by atoms with Crippen molar-refractivity contribution in [2.45, 2.75) is 67.3 Å². The van der Waals surface area contributed by atoms with Gasteiger partial charge in [0.15, 0.2) is 5.43 Å². The molecule has 2 N–H and O–H groups in total. The van der Waals surface area contributed by atoms with E-state index in [0.29, 0.717) is 22.4 Å². The fraction of sp³-hybridized carbons (Fsp3) is 0.303. The van der Waals surface area contributed by atoms with Crippen molar-refractivity contribution in [3.63, 3.8) is 0 Å². The predicted octanol–water partition coefficient (Wildman–Crippen LogP) is 8.46. The molecule has 4 rings (SSSR count). The summed E-state index contributed by atoms with van der Waals surface area (Å²) in [6.07, 6.45) is 5.55. The lowest BCUT2D eigenvalue weighted by Crippen LogP contribution is -2.12. The maximum atomic E-state index is 12.8. The minimum atomic E-state index is -0.996. The van der Waals surface area contributed by atoms with Crippen LogP contribution in [0.2, 0.25) is 0 Å². The zero-order valence-corrected chi connectivity index (χ0v) is 24.0. The SMILES string of the molecule is C/C=C(\CC)c1cc(=O)c2cc(C)cc(C(C)Nc3ccccc3C(=O)O)c2o1.CC.CCc1ccccn1. The summed E-state index contributed by atoms with van der Waals surface area (Å²) in [7, 11) is 0. The molecule has 0 spiro atoms. The van der Waals surface area contributed by atoms with Crippen LogP contribution < -0.4 is 10.7 Å². The topological polar surface area (TPSA) is 92.4 Å². The second-order valence-electron chi connectivity index (χ2n) is 8.76. The molecule has 39 heavy (non-hydrogen) atoms. The number of carboxylic acids is 1. The number of nitrogens with one attached hydrogen (secondary N) is 1. The first-order valence-corrected chi connectivity index (χ1v) is 13.5. The first-order chi connectivity index (χ1) is 18.8. The van der Waals surface area contributed by atoms with Gasteiger partial charge >= 0.3 is 5.97 Å². The minimum absolute atomic E-state index is 0.0860. The van der Waals surface area contributed by atoms with Gasteiger partial charge in [0, 0.05) is 29.2 Å². The standard InChI is InChI=1S/C24H25NO4.C7H9N.C2H6/c1-5-16(6-2)22-13-21(26)19-12-14(3)11-18(23(19)29-22)15(4)25-20-10-8-7-9-17(20)24(27)28;1-2-7-5-3-4-6-8-7;1-2/h5,7-13,15,25H,6H2,1-4H3,(H,27,28);3-6H,2H2,1H3;1-2H3/b16-5+;;. The molecule has 2 aromatic carbocycles. The van der Waals surface area contributed by atoms with E-state index in [1.807, 2.05) is 84.1 Å². The zero-order valence-electron chi connectivity index (χ0n) is 24.0. The highest BCUT2D eigenvalue weighted by Crippen LogP contribution is 2.30.